The number of nitriles is 1. The van der Waals surface area contributed by atoms with Crippen LogP contribution in [0.3, 0.4) is 0 Å². The number of hydrogen-bond acceptors (Lipinski definition) is 4. The Morgan fingerprint density at radius 3 is 2.89 bits per heavy atom. The molecule has 0 N–H and O–H groups in total. The second kappa shape index (κ2) is 4.54. The molecule has 0 saturated heterocycles. The number of nitro benzene ring substituents is 1. The van der Waals surface area contributed by atoms with Crippen LogP contribution in [-0.4, -0.2) is 14.5 Å². The number of nitrogens with zero attached hydrogens (tertiary/aromatic N) is 4. The molecule has 1 aromatic heterocycles. The quantitative estimate of drug-likeness (QED) is 0.630. The fourth-order valence-corrected chi connectivity index (χ4v) is 1.78. The van der Waals surface area contributed by atoms with Gasteiger partial charge in [0, 0.05) is 12.4 Å². The zero-order chi connectivity index (χ0) is 13.3. The van der Waals surface area contributed by atoms with Gasteiger partial charge < -0.3 is 0 Å². The number of aromatic nitrogens is 2. The van der Waals surface area contributed by atoms with Crippen molar-refractivity contribution >= 4 is 21.6 Å². The topological polar surface area (TPSA) is 84.8 Å². The van der Waals surface area contributed by atoms with Crippen LogP contribution >= 0.6 is 15.9 Å². The third kappa shape index (κ3) is 1.96. The van der Waals surface area contributed by atoms with Gasteiger partial charge in [-0.25, -0.2) is 9.37 Å². The largest absolute Gasteiger partial charge is 0.296 e. The van der Waals surface area contributed by atoms with E-state index in [2.05, 4.69) is 20.9 Å². The molecule has 1 heterocycles. The molecule has 90 valence electrons. The van der Waals surface area contributed by atoms with Crippen LogP contribution in [0.15, 0.2) is 29.0 Å². The van der Waals surface area contributed by atoms with E-state index in [1.54, 1.807) is 6.07 Å². The average molecular weight is 311 g/mol. The summed E-state index contributed by atoms with van der Waals surface area (Å²) in [7, 11) is 0. The van der Waals surface area contributed by atoms with Gasteiger partial charge in [-0.1, -0.05) is 0 Å². The number of hydrogen-bond donors (Lipinski definition) is 0. The summed E-state index contributed by atoms with van der Waals surface area (Å²) in [4.78, 5) is 13.9. The molecule has 2 aromatic rings. The Balaban J connectivity index is 2.75. The first kappa shape index (κ1) is 12.2. The normalized spacial score (nSPS) is 10.1. The van der Waals surface area contributed by atoms with Gasteiger partial charge in [0.1, 0.15) is 17.6 Å². The van der Waals surface area contributed by atoms with Crippen molar-refractivity contribution in [2.75, 3.05) is 0 Å². The van der Waals surface area contributed by atoms with E-state index in [4.69, 9.17) is 5.26 Å². The van der Waals surface area contributed by atoms with Crippen molar-refractivity contribution in [2.24, 2.45) is 0 Å². The molecule has 0 atom stereocenters. The van der Waals surface area contributed by atoms with Gasteiger partial charge in [-0.2, -0.15) is 5.26 Å². The van der Waals surface area contributed by atoms with Crippen LogP contribution < -0.4 is 0 Å². The maximum atomic E-state index is 13.3. The summed E-state index contributed by atoms with van der Waals surface area (Å²) in [5, 5.41) is 19.7. The molecular weight excluding hydrogens is 307 g/mol. The summed E-state index contributed by atoms with van der Waals surface area (Å²) >= 11 is 2.95. The monoisotopic (exact) mass is 310 g/mol. The standard InChI is InChI=1S/C10H4BrFN4O2/c11-6-3-8(9(16(17)18)4-7(6)12)15-2-1-14-10(15)5-13/h1-4H. The lowest BCUT2D eigenvalue weighted by molar-refractivity contribution is -0.384. The molecule has 0 saturated carbocycles. The second-order valence-corrected chi connectivity index (χ2v) is 4.10. The molecule has 0 aliphatic carbocycles. The number of halogens is 2. The van der Waals surface area contributed by atoms with Gasteiger partial charge in [0.2, 0.25) is 5.82 Å². The van der Waals surface area contributed by atoms with Crippen LogP contribution in [0.25, 0.3) is 5.69 Å². The maximum Gasteiger partial charge on any atom is 0.296 e. The van der Waals surface area contributed by atoms with Crippen molar-refractivity contribution in [1.29, 1.82) is 5.26 Å². The molecule has 8 heteroatoms. The lowest BCUT2D eigenvalue weighted by atomic mass is 10.2. The Morgan fingerprint density at radius 1 is 1.56 bits per heavy atom. The molecule has 0 radical (unpaired) electrons. The maximum absolute atomic E-state index is 13.3. The first-order valence-corrected chi connectivity index (χ1v) is 5.41. The first-order valence-electron chi connectivity index (χ1n) is 4.62. The Labute approximate surface area is 109 Å². The molecule has 6 nitrogen and oxygen atoms in total. The molecule has 0 spiro atoms. The highest BCUT2D eigenvalue weighted by Crippen LogP contribution is 2.29. The average Bonchev–Trinajstić information content (AvgIpc) is 2.79. The van der Waals surface area contributed by atoms with Crippen LogP contribution in [0.5, 0.6) is 0 Å². The zero-order valence-corrected chi connectivity index (χ0v) is 10.3. The Morgan fingerprint density at radius 2 is 2.28 bits per heavy atom. The number of nitro groups is 1. The number of benzene rings is 1. The summed E-state index contributed by atoms with van der Waals surface area (Å²) in [5.41, 5.74) is -0.368. The molecule has 0 aliphatic rings. The zero-order valence-electron chi connectivity index (χ0n) is 8.67. The predicted octanol–water partition coefficient (Wildman–Crippen LogP) is 2.55. The fraction of sp³-hybridized carbons (Fsp3) is 0. The van der Waals surface area contributed by atoms with E-state index in [0.717, 1.165) is 6.07 Å². The van der Waals surface area contributed by atoms with E-state index in [1.807, 2.05) is 0 Å². The third-order valence-corrected chi connectivity index (χ3v) is 2.82. The molecule has 0 amide bonds. The van der Waals surface area contributed by atoms with Gasteiger partial charge in [0.05, 0.1) is 15.5 Å². The summed E-state index contributed by atoms with van der Waals surface area (Å²) in [6.07, 6.45) is 2.73. The van der Waals surface area contributed by atoms with Gasteiger partial charge in [-0.05, 0) is 22.0 Å². The summed E-state index contributed by atoms with van der Waals surface area (Å²) in [5.74, 6) is -0.763. The minimum atomic E-state index is -0.746. The van der Waals surface area contributed by atoms with E-state index in [-0.39, 0.29) is 16.0 Å². The van der Waals surface area contributed by atoms with Crippen molar-refractivity contribution < 1.29 is 9.31 Å². The highest BCUT2D eigenvalue weighted by Gasteiger charge is 2.20. The van der Waals surface area contributed by atoms with Gasteiger partial charge in [0.25, 0.3) is 5.69 Å². The minimum Gasteiger partial charge on any atom is -0.285 e. The van der Waals surface area contributed by atoms with Crippen molar-refractivity contribution in [3.8, 4) is 11.8 Å². The smallest absolute Gasteiger partial charge is 0.285 e. The van der Waals surface area contributed by atoms with Crippen LogP contribution in [0.2, 0.25) is 0 Å². The van der Waals surface area contributed by atoms with E-state index in [9.17, 15) is 14.5 Å². The molecule has 2 rings (SSSR count). The van der Waals surface area contributed by atoms with Crippen molar-refractivity contribution in [3.63, 3.8) is 0 Å². The SMILES string of the molecule is N#Cc1nccn1-c1cc(Br)c(F)cc1[N+](=O)[O-]. The van der Waals surface area contributed by atoms with E-state index >= 15 is 0 Å². The predicted molar refractivity (Wildman–Crippen MR) is 62.6 cm³/mol. The number of rotatable bonds is 2. The van der Waals surface area contributed by atoms with Gasteiger partial charge >= 0.3 is 0 Å². The molecule has 1 aromatic carbocycles. The van der Waals surface area contributed by atoms with Crippen LogP contribution in [-0.2, 0) is 0 Å². The summed E-state index contributed by atoms with van der Waals surface area (Å²) in [6, 6.07) is 3.82. The second-order valence-electron chi connectivity index (χ2n) is 3.24. The Bertz CT molecular complexity index is 677. The molecule has 18 heavy (non-hydrogen) atoms. The van der Waals surface area contributed by atoms with Crippen molar-refractivity contribution in [2.45, 2.75) is 0 Å². The van der Waals surface area contributed by atoms with Gasteiger partial charge in [0.15, 0.2) is 0 Å². The number of imidazole rings is 1. The Hall–Kier alpha value is -2.27. The molecular formula is C10H4BrFN4O2. The summed E-state index contributed by atoms with van der Waals surface area (Å²) < 4.78 is 14.6. The third-order valence-electron chi connectivity index (χ3n) is 2.21. The van der Waals surface area contributed by atoms with Crippen molar-refractivity contribution in [3.05, 3.63) is 50.8 Å². The Kier molecular flexibility index (Phi) is 3.08. The van der Waals surface area contributed by atoms with Crippen LogP contribution in [0, 0.1) is 27.3 Å². The highest BCUT2D eigenvalue weighted by atomic mass is 79.9. The van der Waals surface area contributed by atoms with Gasteiger partial charge in [-0.15, -0.1) is 0 Å². The lowest BCUT2D eigenvalue weighted by Gasteiger charge is -2.06. The first-order chi connectivity index (χ1) is 8.54. The van der Waals surface area contributed by atoms with Crippen LogP contribution in [0.1, 0.15) is 5.82 Å². The van der Waals surface area contributed by atoms with Crippen LogP contribution in [0.4, 0.5) is 10.1 Å². The summed E-state index contributed by atoms with van der Waals surface area (Å²) in [6.45, 7) is 0. The van der Waals surface area contributed by atoms with E-state index < -0.39 is 16.4 Å². The van der Waals surface area contributed by atoms with E-state index in [1.165, 1.54) is 23.0 Å². The molecule has 0 aliphatic heterocycles. The molecule has 0 unspecified atom stereocenters. The van der Waals surface area contributed by atoms with Gasteiger partial charge in [-0.3, -0.25) is 14.7 Å². The highest BCUT2D eigenvalue weighted by molar-refractivity contribution is 9.10. The van der Waals surface area contributed by atoms with E-state index in [0.29, 0.717) is 0 Å². The fourth-order valence-electron chi connectivity index (χ4n) is 1.45. The lowest BCUT2D eigenvalue weighted by Crippen LogP contribution is -2.02. The molecule has 0 bridgehead atoms. The van der Waals surface area contributed by atoms with Crippen molar-refractivity contribution in [1.82, 2.24) is 9.55 Å². The minimum absolute atomic E-state index is 0.0170. The molecule has 0 fully saturated rings.